The molecule has 32 heavy (non-hydrogen) atoms. The Bertz CT molecular complexity index is 1170. The van der Waals surface area contributed by atoms with E-state index in [9.17, 15) is 27.2 Å². The number of Topliss-reactive ketones (excluding diaryl/α,β-unsaturated/α-hetero) is 1. The van der Waals surface area contributed by atoms with Gasteiger partial charge < -0.3 is 14.2 Å². The van der Waals surface area contributed by atoms with Crippen LogP contribution in [0.4, 0.5) is 8.78 Å². The van der Waals surface area contributed by atoms with Gasteiger partial charge in [-0.1, -0.05) is 23.2 Å². The van der Waals surface area contributed by atoms with E-state index < -0.39 is 28.0 Å². The monoisotopic (exact) mass is 510 g/mol. The van der Waals surface area contributed by atoms with Gasteiger partial charge in [0.25, 0.3) is 5.79 Å². The molecule has 8 nitrogen and oxygen atoms in total. The Morgan fingerprint density at radius 1 is 1.16 bits per heavy atom. The van der Waals surface area contributed by atoms with E-state index in [4.69, 9.17) is 32.7 Å². The smallest absolute Gasteiger partial charge is 0.387 e. The van der Waals surface area contributed by atoms with E-state index >= 15 is 0 Å². The van der Waals surface area contributed by atoms with E-state index in [1.165, 1.54) is 6.07 Å². The van der Waals surface area contributed by atoms with Crippen molar-refractivity contribution in [2.45, 2.75) is 31.7 Å². The number of ether oxygens (including phenoxy) is 3. The summed E-state index contributed by atoms with van der Waals surface area (Å²) in [7, 11) is -3.27. The molecule has 1 aromatic heterocycles. The summed E-state index contributed by atoms with van der Waals surface area (Å²) >= 11 is 12.2. The van der Waals surface area contributed by atoms with Gasteiger partial charge in [-0.05, 0) is 12.1 Å². The molecule has 1 spiro atoms. The van der Waals surface area contributed by atoms with Crippen LogP contribution in [-0.2, 0) is 16.3 Å². The fourth-order valence-corrected chi connectivity index (χ4v) is 5.59. The highest BCUT2D eigenvalue weighted by Gasteiger charge is 2.48. The summed E-state index contributed by atoms with van der Waals surface area (Å²) in [4.78, 5) is 13.1. The first-order valence-corrected chi connectivity index (χ1v) is 11.9. The minimum absolute atomic E-state index is 0.000201. The van der Waals surface area contributed by atoms with Crippen LogP contribution in [-0.4, -0.2) is 43.3 Å². The summed E-state index contributed by atoms with van der Waals surface area (Å²) < 4.78 is 66.2. The third-order valence-electron chi connectivity index (χ3n) is 5.16. The zero-order valence-corrected chi connectivity index (χ0v) is 18.5. The molecule has 4 rings (SSSR count). The van der Waals surface area contributed by atoms with Gasteiger partial charge in [0.05, 0.1) is 17.1 Å². The van der Waals surface area contributed by atoms with Crippen molar-refractivity contribution in [3.8, 4) is 17.2 Å². The third kappa shape index (κ3) is 4.41. The molecule has 0 atom stereocenters. The van der Waals surface area contributed by atoms with Gasteiger partial charge in [0.2, 0.25) is 18.1 Å². The normalized spacial score (nSPS) is 18.2. The number of ketones is 1. The molecule has 0 amide bonds. The van der Waals surface area contributed by atoms with Crippen LogP contribution in [0, 0.1) is 0 Å². The van der Waals surface area contributed by atoms with Crippen LogP contribution in [0.1, 0.15) is 28.8 Å². The molecule has 1 saturated heterocycles. The zero-order valence-electron chi connectivity index (χ0n) is 16.2. The predicted molar refractivity (Wildman–Crippen MR) is 107 cm³/mol. The number of carbonyl (C=O) groups is 1. The molecule has 13 heteroatoms. The van der Waals surface area contributed by atoms with Crippen LogP contribution in [0.2, 0.25) is 10.0 Å². The van der Waals surface area contributed by atoms with E-state index in [2.05, 4.69) is 4.74 Å². The number of carbonyl (C=O) groups excluding carboxylic acids is 1. The molecule has 0 saturated carbocycles. The predicted octanol–water partition coefficient (Wildman–Crippen LogP) is 3.22. The second-order valence-corrected chi connectivity index (χ2v) is 10.4. The molecule has 0 radical (unpaired) electrons. The molecule has 172 valence electrons. The first kappa shape index (κ1) is 22.8. The zero-order chi connectivity index (χ0) is 23.3. The Hall–Kier alpha value is -2.37. The van der Waals surface area contributed by atoms with Crippen LogP contribution in [0.25, 0.3) is 0 Å². The quantitative estimate of drug-likeness (QED) is 0.374. The van der Waals surface area contributed by atoms with Crippen LogP contribution >= 0.6 is 23.2 Å². The van der Waals surface area contributed by atoms with E-state index in [-0.39, 0.29) is 69.2 Å². The van der Waals surface area contributed by atoms with Gasteiger partial charge in [-0.15, -0.1) is 0 Å². The number of alkyl halides is 2. The number of aromatic nitrogens is 1. The molecule has 2 aromatic rings. The van der Waals surface area contributed by atoms with E-state index in [0.29, 0.717) is 4.73 Å². The van der Waals surface area contributed by atoms with Gasteiger partial charge in [-0.2, -0.15) is 8.78 Å². The maximum absolute atomic E-state index is 13.1. The standard InChI is InChI=1S/C19H16Cl2F2NO7S/c20-12-8-24(26)9-13(21)11(12)7-14(25)10-1-2-15(29-18(22)23)17-16(10)30-19(31-17)3-5-32(27,28)6-4-19/h1-2,8-9,18,26H,3-7H2/q+1. The van der Waals surface area contributed by atoms with Crippen molar-refractivity contribution in [3.63, 3.8) is 0 Å². The molecular formula is C19H16Cl2F2NO7S+. The van der Waals surface area contributed by atoms with Crippen LogP contribution in [0.5, 0.6) is 17.2 Å². The molecule has 1 fully saturated rings. The van der Waals surface area contributed by atoms with Gasteiger partial charge in [0.15, 0.2) is 27.1 Å². The molecule has 0 aliphatic carbocycles. The molecule has 0 bridgehead atoms. The lowest BCUT2D eigenvalue weighted by atomic mass is 10.0. The third-order valence-corrected chi connectivity index (χ3v) is 7.47. The average Bonchev–Trinajstić information content (AvgIpc) is 3.07. The summed E-state index contributed by atoms with van der Waals surface area (Å²) in [5.41, 5.74) is 0.238. The second-order valence-electron chi connectivity index (χ2n) is 7.33. The van der Waals surface area contributed by atoms with E-state index in [0.717, 1.165) is 18.5 Å². The molecule has 1 aromatic carbocycles. The first-order chi connectivity index (χ1) is 15.0. The topological polar surface area (TPSA) is 103 Å². The van der Waals surface area contributed by atoms with Gasteiger partial charge >= 0.3 is 6.61 Å². The highest BCUT2D eigenvalue weighted by atomic mass is 35.5. The minimum Gasteiger partial charge on any atom is -0.447 e. The van der Waals surface area contributed by atoms with Crippen LogP contribution in [0.3, 0.4) is 0 Å². The van der Waals surface area contributed by atoms with Crippen LogP contribution < -0.4 is 18.9 Å². The lowest BCUT2D eigenvalue weighted by Crippen LogP contribution is -2.46. The van der Waals surface area contributed by atoms with Gasteiger partial charge in [0.1, 0.15) is 10.0 Å². The Kier molecular flexibility index (Phi) is 5.84. The lowest BCUT2D eigenvalue weighted by Gasteiger charge is -2.31. The van der Waals surface area contributed by atoms with Crippen molar-refractivity contribution < 1.29 is 46.1 Å². The SMILES string of the molecule is O=C(Cc1c(Cl)c[n+](O)cc1Cl)c1ccc(OC(F)F)c2c1OC1(CCS(=O)(=O)CC1)O2. The largest absolute Gasteiger partial charge is 0.447 e. The molecule has 2 aliphatic rings. The van der Waals surface area contributed by atoms with Gasteiger partial charge in [-0.25, -0.2) is 8.42 Å². The summed E-state index contributed by atoms with van der Waals surface area (Å²) in [5.74, 6) is -3.02. The van der Waals surface area contributed by atoms with Gasteiger partial charge in [0, 0.05) is 29.6 Å². The Morgan fingerprint density at radius 3 is 2.34 bits per heavy atom. The van der Waals surface area contributed by atoms with E-state index in [1.807, 2.05) is 0 Å². The van der Waals surface area contributed by atoms with Crippen molar-refractivity contribution in [1.82, 2.24) is 0 Å². The summed E-state index contributed by atoms with van der Waals surface area (Å²) in [6, 6.07) is 2.40. The van der Waals surface area contributed by atoms with Crippen molar-refractivity contribution in [2.75, 3.05) is 11.5 Å². The number of nitrogens with zero attached hydrogens (tertiary/aromatic N) is 1. The van der Waals surface area contributed by atoms with Crippen molar-refractivity contribution >= 4 is 38.8 Å². The number of halogens is 4. The fourth-order valence-electron chi connectivity index (χ4n) is 3.56. The highest BCUT2D eigenvalue weighted by Crippen LogP contribution is 2.51. The van der Waals surface area contributed by atoms with Crippen molar-refractivity contribution in [1.29, 1.82) is 0 Å². The number of sulfone groups is 1. The van der Waals surface area contributed by atoms with Crippen molar-refractivity contribution in [3.05, 3.63) is 45.7 Å². The Balaban J connectivity index is 1.70. The molecule has 2 aliphatic heterocycles. The molecular weight excluding hydrogens is 495 g/mol. The number of rotatable bonds is 5. The summed E-state index contributed by atoms with van der Waals surface area (Å²) in [5, 5.41) is 9.56. The van der Waals surface area contributed by atoms with Gasteiger partial charge in [-0.3, -0.25) is 10.0 Å². The molecule has 1 N–H and O–H groups in total. The maximum Gasteiger partial charge on any atom is 0.387 e. The number of fused-ring (bicyclic) bond motifs is 1. The fraction of sp³-hybridized carbons (Fsp3) is 0.368. The number of pyridine rings is 1. The summed E-state index contributed by atoms with van der Waals surface area (Å²) in [6.07, 6.45) is 1.93. The molecule has 3 heterocycles. The van der Waals surface area contributed by atoms with Crippen molar-refractivity contribution in [2.24, 2.45) is 0 Å². The van der Waals surface area contributed by atoms with E-state index in [1.54, 1.807) is 0 Å². The summed E-state index contributed by atoms with van der Waals surface area (Å²) in [6.45, 7) is -3.15. The Labute approximate surface area is 191 Å². The minimum atomic E-state index is -3.27. The first-order valence-electron chi connectivity index (χ1n) is 9.30. The maximum atomic E-state index is 13.1. The molecule has 0 unspecified atom stereocenters. The van der Waals surface area contributed by atoms with Crippen LogP contribution in [0.15, 0.2) is 24.5 Å². The lowest BCUT2D eigenvalue weighted by molar-refractivity contribution is -0.904. The average molecular weight is 511 g/mol. The Morgan fingerprint density at radius 2 is 1.75 bits per heavy atom. The second kappa shape index (κ2) is 8.20. The highest BCUT2D eigenvalue weighted by molar-refractivity contribution is 7.91. The number of benzene rings is 1. The number of hydrogen-bond acceptors (Lipinski definition) is 7. The number of hydrogen-bond donors (Lipinski definition) is 1.